The average molecular weight is 361 g/mol. The van der Waals surface area contributed by atoms with Gasteiger partial charge in [0.2, 0.25) is 0 Å². The zero-order valence-electron chi connectivity index (χ0n) is 18.0. The van der Waals surface area contributed by atoms with Crippen LogP contribution in [0.4, 0.5) is 0 Å². The van der Waals surface area contributed by atoms with Gasteiger partial charge in [-0.25, -0.2) is 0 Å². The zero-order chi connectivity index (χ0) is 18.5. The first-order chi connectivity index (χ1) is 12.8. The molecule has 0 heterocycles. The molecule has 2 bridgehead atoms. The van der Waals surface area contributed by atoms with E-state index in [1.165, 1.54) is 96.3 Å². The van der Waals surface area contributed by atoms with Crippen molar-refractivity contribution >= 4 is 0 Å². The molecule has 2 saturated carbocycles. The van der Waals surface area contributed by atoms with Crippen LogP contribution in [-0.4, -0.2) is 0 Å². The summed E-state index contributed by atoms with van der Waals surface area (Å²) in [5, 5.41) is 0. The van der Waals surface area contributed by atoms with Crippen molar-refractivity contribution in [3.05, 3.63) is 12.7 Å². The summed E-state index contributed by atoms with van der Waals surface area (Å²) in [4.78, 5) is 0. The Balaban J connectivity index is 1.46. The molecule has 0 aliphatic heterocycles. The highest BCUT2D eigenvalue weighted by molar-refractivity contribution is 4.93. The molecule has 2 fully saturated rings. The molecule has 2 rings (SSSR count). The van der Waals surface area contributed by atoms with Gasteiger partial charge in [0.1, 0.15) is 0 Å². The van der Waals surface area contributed by atoms with Gasteiger partial charge in [-0.15, -0.1) is 6.58 Å². The third-order valence-corrected chi connectivity index (χ3v) is 7.57. The fourth-order valence-corrected chi connectivity index (χ4v) is 6.02. The van der Waals surface area contributed by atoms with Gasteiger partial charge in [0.05, 0.1) is 0 Å². The van der Waals surface area contributed by atoms with E-state index >= 15 is 0 Å². The van der Waals surface area contributed by atoms with E-state index in [4.69, 9.17) is 0 Å². The Bertz CT molecular complexity index is 344. The topological polar surface area (TPSA) is 0 Å². The molecule has 2 aliphatic carbocycles. The minimum absolute atomic E-state index is 1.02. The summed E-state index contributed by atoms with van der Waals surface area (Å²) < 4.78 is 0. The van der Waals surface area contributed by atoms with Gasteiger partial charge < -0.3 is 0 Å². The maximum absolute atomic E-state index is 3.97. The molecule has 0 radical (unpaired) electrons. The van der Waals surface area contributed by atoms with E-state index in [1.807, 2.05) is 0 Å². The number of hydrogen-bond donors (Lipinski definition) is 0. The second-order valence-electron chi connectivity index (χ2n) is 9.64. The van der Waals surface area contributed by atoms with Crippen LogP contribution in [0.1, 0.15) is 129 Å². The first-order valence-electron chi connectivity index (χ1n) is 12.5. The second-order valence-corrected chi connectivity index (χ2v) is 9.64. The van der Waals surface area contributed by atoms with Crippen LogP contribution in [0.5, 0.6) is 0 Å². The van der Waals surface area contributed by atoms with E-state index in [9.17, 15) is 0 Å². The van der Waals surface area contributed by atoms with Crippen molar-refractivity contribution in [2.75, 3.05) is 0 Å². The highest BCUT2D eigenvalue weighted by Gasteiger charge is 2.42. The standard InChI is InChI=1S/C26H48/c1-3-5-7-8-9-10-11-12-13-14-15-16-18-24(17-6-4-2)26-22-23-19-20-25(26)21-23/h4,23-26H,2-3,5-22H2,1H3. The van der Waals surface area contributed by atoms with E-state index in [0.717, 1.165) is 23.7 Å². The van der Waals surface area contributed by atoms with E-state index in [1.54, 1.807) is 25.7 Å². The third kappa shape index (κ3) is 8.18. The Morgan fingerprint density at radius 1 is 0.769 bits per heavy atom. The summed E-state index contributed by atoms with van der Waals surface area (Å²) in [7, 11) is 0. The van der Waals surface area contributed by atoms with Crippen LogP contribution in [0.25, 0.3) is 0 Å². The summed E-state index contributed by atoms with van der Waals surface area (Å²) in [5.74, 6) is 4.32. The predicted molar refractivity (Wildman–Crippen MR) is 118 cm³/mol. The van der Waals surface area contributed by atoms with Crippen molar-refractivity contribution in [3.63, 3.8) is 0 Å². The van der Waals surface area contributed by atoms with Crippen molar-refractivity contribution in [2.24, 2.45) is 23.7 Å². The van der Waals surface area contributed by atoms with E-state index in [0.29, 0.717) is 0 Å². The Hall–Kier alpha value is -0.260. The molecule has 152 valence electrons. The highest BCUT2D eigenvalue weighted by Crippen LogP contribution is 2.52. The van der Waals surface area contributed by atoms with Crippen molar-refractivity contribution in [1.29, 1.82) is 0 Å². The Morgan fingerprint density at radius 2 is 1.38 bits per heavy atom. The van der Waals surface area contributed by atoms with Gasteiger partial charge in [0.15, 0.2) is 0 Å². The predicted octanol–water partition coefficient (Wildman–Crippen LogP) is 9.10. The molecule has 0 nitrogen and oxygen atoms in total. The van der Waals surface area contributed by atoms with Gasteiger partial charge in [-0.2, -0.15) is 0 Å². The van der Waals surface area contributed by atoms with Gasteiger partial charge >= 0.3 is 0 Å². The SMILES string of the molecule is C=CCCC(CCCCCCCCCCCCCC)C1CC2CCC1C2. The molecule has 0 heteroatoms. The molecular formula is C26H48. The van der Waals surface area contributed by atoms with Crippen LogP contribution in [0.15, 0.2) is 12.7 Å². The lowest BCUT2D eigenvalue weighted by Crippen LogP contribution is -2.21. The molecule has 26 heavy (non-hydrogen) atoms. The molecule has 4 unspecified atom stereocenters. The molecule has 0 aromatic heterocycles. The van der Waals surface area contributed by atoms with Crippen LogP contribution in [-0.2, 0) is 0 Å². The summed E-state index contributed by atoms with van der Waals surface area (Å²) in [6.07, 6.45) is 30.2. The molecule has 0 amide bonds. The van der Waals surface area contributed by atoms with Gasteiger partial charge in [-0.1, -0.05) is 103 Å². The van der Waals surface area contributed by atoms with Crippen molar-refractivity contribution in [1.82, 2.24) is 0 Å². The molecule has 0 saturated heterocycles. The zero-order valence-corrected chi connectivity index (χ0v) is 18.0. The molecule has 0 N–H and O–H groups in total. The van der Waals surface area contributed by atoms with E-state index < -0.39 is 0 Å². The van der Waals surface area contributed by atoms with Gasteiger partial charge in [0, 0.05) is 0 Å². The Labute approximate surface area is 165 Å². The molecule has 0 aromatic rings. The lowest BCUT2D eigenvalue weighted by Gasteiger charge is -2.30. The summed E-state index contributed by atoms with van der Waals surface area (Å²) >= 11 is 0. The van der Waals surface area contributed by atoms with Crippen molar-refractivity contribution in [3.8, 4) is 0 Å². The number of allylic oxidation sites excluding steroid dienone is 1. The van der Waals surface area contributed by atoms with Crippen LogP contribution in [0, 0.1) is 23.7 Å². The quantitative estimate of drug-likeness (QED) is 0.179. The minimum Gasteiger partial charge on any atom is -0.103 e. The largest absolute Gasteiger partial charge is 0.103 e. The van der Waals surface area contributed by atoms with Gasteiger partial charge in [0.25, 0.3) is 0 Å². The molecule has 0 spiro atoms. The van der Waals surface area contributed by atoms with Crippen molar-refractivity contribution in [2.45, 2.75) is 129 Å². The van der Waals surface area contributed by atoms with Gasteiger partial charge in [-0.05, 0) is 55.8 Å². The molecular weight excluding hydrogens is 312 g/mol. The summed E-state index contributed by atoms with van der Waals surface area (Å²) in [6.45, 7) is 6.28. The van der Waals surface area contributed by atoms with Crippen LogP contribution < -0.4 is 0 Å². The normalized spacial score (nSPS) is 25.7. The van der Waals surface area contributed by atoms with E-state index in [2.05, 4.69) is 19.6 Å². The maximum atomic E-state index is 3.97. The second kappa shape index (κ2) is 13.8. The summed E-state index contributed by atoms with van der Waals surface area (Å²) in [5.41, 5.74) is 0. The molecule has 0 aromatic carbocycles. The Kier molecular flexibility index (Phi) is 11.7. The maximum Gasteiger partial charge on any atom is -0.0351 e. The van der Waals surface area contributed by atoms with Crippen LogP contribution >= 0.6 is 0 Å². The van der Waals surface area contributed by atoms with Crippen LogP contribution in [0.2, 0.25) is 0 Å². The minimum atomic E-state index is 1.02. The lowest BCUT2D eigenvalue weighted by molar-refractivity contribution is 0.202. The monoisotopic (exact) mass is 360 g/mol. The fraction of sp³-hybridized carbons (Fsp3) is 0.923. The highest BCUT2D eigenvalue weighted by atomic mass is 14.5. The van der Waals surface area contributed by atoms with Gasteiger partial charge in [-0.3, -0.25) is 0 Å². The van der Waals surface area contributed by atoms with Crippen molar-refractivity contribution < 1.29 is 0 Å². The molecule has 4 atom stereocenters. The molecule has 2 aliphatic rings. The first kappa shape index (κ1) is 22.0. The number of unbranched alkanes of at least 4 members (excludes halogenated alkanes) is 11. The first-order valence-corrected chi connectivity index (χ1v) is 12.5. The third-order valence-electron chi connectivity index (χ3n) is 7.57. The smallest absolute Gasteiger partial charge is 0.0351 e. The lowest BCUT2D eigenvalue weighted by atomic mass is 9.75. The fourth-order valence-electron chi connectivity index (χ4n) is 6.02. The number of hydrogen-bond acceptors (Lipinski definition) is 0. The Morgan fingerprint density at radius 3 is 1.88 bits per heavy atom. The number of rotatable bonds is 17. The summed E-state index contributed by atoms with van der Waals surface area (Å²) in [6, 6.07) is 0. The average Bonchev–Trinajstić information content (AvgIpc) is 3.28. The number of fused-ring (bicyclic) bond motifs is 2. The van der Waals surface area contributed by atoms with Crippen LogP contribution in [0.3, 0.4) is 0 Å². The van der Waals surface area contributed by atoms with E-state index in [-0.39, 0.29) is 0 Å².